The van der Waals surface area contributed by atoms with E-state index in [9.17, 15) is 18.0 Å². The van der Waals surface area contributed by atoms with Crippen LogP contribution in [-0.2, 0) is 9.53 Å². The van der Waals surface area contributed by atoms with E-state index in [1.165, 1.54) is 0 Å². The number of nitrogens with zero attached hydrogens (tertiary/aromatic N) is 1. The molecule has 0 aliphatic rings. The number of halogens is 3. The third-order valence-electron chi connectivity index (χ3n) is 1.25. The molecule has 74 valence electrons. The molecule has 0 aromatic carbocycles. The minimum atomic E-state index is -5.01. The number of aliphatic hydroxyl groups is 1. The molecule has 0 aromatic rings. The van der Waals surface area contributed by atoms with E-state index in [-0.39, 0.29) is 0 Å². The van der Waals surface area contributed by atoms with Crippen molar-refractivity contribution in [3.05, 3.63) is 0 Å². The Morgan fingerprint density at radius 3 is 2.31 bits per heavy atom. The van der Waals surface area contributed by atoms with Gasteiger partial charge in [-0.15, -0.1) is 0 Å². The summed E-state index contributed by atoms with van der Waals surface area (Å²) in [5.74, 6) is -3.64. The van der Waals surface area contributed by atoms with Gasteiger partial charge in [-0.3, -0.25) is 4.79 Å². The number of carbonyl (C=O) groups is 1. The smallest absolute Gasteiger partial charge is 0.416 e. The Hall–Kier alpha value is -1.29. The Bertz CT molecular complexity index is 232. The summed E-state index contributed by atoms with van der Waals surface area (Å²) in [6, 6.07) is 1.01. The van der Waals surface area contributed by atoms with Crippen molar-refractivity contribution in [2.45, 2.75) is 12.3 Å². The zero-order valence-electron chi connectivity index (χ0n) is 6.50. The zero-order chi connectivity index (χ0) is 10.6. The lowest BCUT2D eigenvalue weighted by Crippen LogP contribution is -2.39. The van der Waals surface area contributed by atoms with Crippen LogP contribution in [0.15, 0.2) is 0 Å². The number of carbonyl (C=O) groups excluding carboxylic acids is 1. The number of alkyl halides is 3. The maximum atomic E-state index is 11.8. The second-order valence-electron chi connectivity index (χ2n) is 2.12. The molecule has 0 aliphatic carbocycles. The van der Waals surface area contributed by atoms with Gasteiger partial charge in [0.25, 0.3) is 0 Å². The molecular weight excluding hydrogens is 191 g/mol. The molecule has 0 aromatic heterocycles. The first-order valence-electron chi connectivity index (χ1n) is 3.06. The summed E-state index contributed by atoms with van der Waals surface area (Å²) in [6.45, 7) is 0. The van der Waals surface area contributed by atoms with Crippen molar-refractivity contribution in [3.8, 4) is 6.07 Å². The minimum absolute atomic E-state index is 0.829. The fourth-order valence-corrected chi connectivity index (χ4v) is 0.568. The van der Waals surface area contributed by atoms with Crippen LogP contribution in [0, 0.1) is 17.2 Å². The van der Waals surface area contributed by atoms with E-state index in [1.807, 2.05) is 0 Å². The molecule has 0 bridgehead atoms. The maximum Gasteiger partial charge on any atom is 0.416 e. The van der Waals surface area contributed by atoms with E-state index in [0.717, 1.165) is 13.2 Å². The average Bonchev–Trinajstić information content (AvgIpc) is 2.03. The van der Waals surface area contributed by atoms with Crippen LogP contribution in [0.25, 0.3) is 0 Å². The van der Waals surface area contributed by atoms with E-state index in [0.29, 0.717) is 0 Å². The average molecular weight is 197 g/mol. The highest BCUT2D eigenvalue weighted by molar-refractivity contribution is 5.75. The van der Waals surface area contributed by atoms with Crippen LogP contribution in [-0.4, -0.2) is 30.5 Å². The molecule has 4 nitrogen and oxygen atoms in total. The molecule has 0 heterocycles. The normalized spacial score (nSPS) is 15.7. The number of methoxy groups -OCH3 is 1. The molecule has 1 N–H and O–H groups in total. The molecule has 7 heteroatoms. The molecule has 0 saturated carbocycles. The van der Waals surface area contributed by atoms with Crippen LogP contribution in [0.3, 0.4) is 0 Å². The van der Waals surface area contributed by atoms with Crippen molar-refractivity contribution in [1.82, 2.24) is 0 Å². The number of esters is 1. The van der Waals surface area contributed by atoms with E-state index < -0.39 is 24.2 Å². The topological polar surface area (TPSA) is 70.3 Å². The molecule has 13 heavy (non-hydrogen) atoms. The van der Waals surface area contributed by atoms with Crippen LogP contribution in [0.2, 0.25) is 0 Å². The second-order valence-corrected chi connectivity index (χ2v) is 2.12. The first-order valence-corrected chi connectivity index (χ1v) is 3.06. The van der Waals surface area contributed by atoms with E-state index in [2.05, 4.69) is 4.74 Å². The van der Waals surface area contributed by atoms with Gasteiger partial charge in [0.2, 0.25) is 0 Å². The molecule has 0 amide bonds. The highest BCUT2D eigenvalue weighted by Gasteiger charge is 2.47. The van der Waals surface area contributed by atoms with Crippen LogP contribution in [0.1, 0.15) is 0 Å². The summed E-state index contributed by atoms with van der Waals surface area (Å²) in [5, 5.41) is 16.6. The lowest BCUT2D eigenvalue weighted by atomic mass is 10.0. The number of hydrogen-bond acceptors (Lipinski definition) is 4. The standard InChI is InChI=1S/C6H6F3NO3/c1-13-5(12)3(2-10)4(11)6(7,8)9/h3-4,11H,1H3. The minimum Gasteiger partial charge on any atom is -0.468 e. The molecule has 2 atom stereocenters. The fraction of sp³-hybridized carbons (Fsp3) is 0.667. The predicted molar refractivity (Wildman–Crippen MR) is 33.2 cm³/mol. The van der Waals surface area contributed by atoms with Gasteiger partial charge in [0.15, 0.2) is 12.0 Å². The summed E-state index contributed by atoms with van der Waals surface area (Å²) in [4.78, 5) is 10.5. The van der Waals surface area contributed by atoms with E-state index in [4.69, 9.17) is 10.4 Å². The van der Waals surface area contributed by atoms with Gasteiger partial charge >= 0.3 is 12.1 Å². The van der Waals surface area contributed by atoms with E-state index >= 15 is 0 Å². The molecule has 0 spiro atoms. The SMILES string of the molecule is COC(=O)C(C#N)C(O)C(F)(F)F. The van der Waals surface area contributed by atoms with Crippen LogP contribution in [0.4, 0.5) is 13.2 Å². The monoisotopic (exact) mass is 197 g/mol. The predicted octanol–water partition coefficient (Wildman–Crippen LogP) is 0.222. The molecule has 0 aliphatic heterocycles. The Kier molecular flexibility index (Phi) is 3.69. The van der Waals surface area contributed by atoms with Crippen LogP contribution < -0.4 is 0 Å². The van der Waals surface area contributed by atoms with Gasteiger partial charge in [0.1, 0.15) is 0 Å². The van der Waals surface area contributed by atoms with Crippen molar-refractivity contribution in [3.63, 3.8) is 0 Å². The number of ether oxygens (including phenoxy) is 1. The Morgan fingerprint density at radius 1 is 1.62 bits per heavy atom. The Morgan fingerprint density at radius 2 is 2.08 bits per heavy atom. The number of aliphatic hydroxyl groups excluding tert-OH is 1. The summed E-state index contributed by atoms with van der Waals surface area (Å²) in [7, 11) is 0.829. The van der Waals surface area contributed by atoms with Crippen molar-refractivity contribution in [2.75, 3.05) is 7.11 Å². The van der Waals surface area contributed by atoms with Crippen molar-refractivity contribution >= 4 is 5.97 Å². The molecule has 0 fully saturated rings. The summed E-state index contributed by atoms with van der Waals surface area (Å²) >= 11 is 0. The number of hydrogen-bond donors (Lipinski definition) is 1. The van der Waals surface area contributed by atoms with Crippen molar-refractivity contribution in [1.29, 1.82) is 5.26 Å². The largest absolute Gasteiger partial charge is 0.468 e. The number of rotatable bonds is 2. The third kappa shape index (κ3) is 2.91. The first kappa shape index (κ1) is 11.7. The fourth-order valence-electron chi connectivity index (χ4n) is 0.568. The molecule has 0 saturated heterocycles. The molecule has 0 rings (SSSR count). The highest BCUT2D eigenvalue weighted by atomic mass is 19.4. The molecule has 0 radical (unpaired) electrons. The van der Waals surface area contributed by atoms with Crippen LogP contribution in [0.5, 0.6) is 0 Å². The number of nitriles is 1. The lowest BCUT2D eigenvalue weighted by molar-refractivity contribution is -0.217. The molecule has 2 unspecified atom stereocenters. The summed E-state index contributed by atoms with van der Waals surface area (Å²) in [6.07, 6.45) is -8.01. The highest BCUT2D eigenvalue weighted by Crippen LogP contribution is 2.25. The zero-order valence-corrected chi connectivity index (χ0v) is 6.50. The first-order chi connectivity index (χ1) is 5.84. The summed E-state index contributed by atoms with van der Waals surface area (Å²) < 4.78 is 39.2. The lowest BCUT2D eigenvalue weighted by Gasteiger charge is -2.17. The van der Waals surface area contributed by atoms with Crippen molar-refractivity contribution in [2.24, 2.45) is 5.92 Å². The molecular formula is C6H6F3NO3. The Labute approximate surface area is 71.5 Å². The van der Waals surface area contributed by atoms with Gasteiger partial charge in [0.05, 0.1) is 13.2 Å². The van der Waals surface area contributed by atoms with Crippen LogP contribution >= 0.6 is 0 Å². The maximum absolute atomic E-state index is 11.8. The van der Waals surface area contributed by atoms with Gasteiger partial charge in [0, 0.05) is 0 Å². The van der Waals surface area contributed by atoms with Gasteiger partial charge in [-0.05, 0) is 0 Å². The second kappa shape index (κ2) is 4.09. The van der Waals surface area contributed by atoms with Crippen molar-refractivity contribution < 1.29 is 27.8 Å². The van der Waals surface area contributed by atoms with Gasteiger partial charge in [-0.2, -0.15) is 18.4 Å². The summed E-state index contributed by atoms with van der Waals surface area (Å²) in [5.41, 5.74) is 0. The van der Waals surface area contributed by atoms with Gasteiger partial charge in [-0.1, -0.05) is 0 Å². The van der Waals surface area contributed by atoms with E-state index in [1.54, 1.807) is 0 Å². The quantitative estimate of drug-likeness (QED) is 0.643. The third-order valence-corrected chi connectivity index (χ3v) is 1.25. The Balaban J connectivity index is 4.63. The van der Waals surface area contributed by atoms with Gasteiger partial charge in [-0.25, -0.2) is 0 Å². The van der Waals surface area contributed by atoms with Gasteiger partial charge < -0.3 is 9.84 Å².